The average molecular weight is 383 g/mol. The Labute approximate surface area is 161 Å². The Morgan fingerprint density at radius 1 is 1.19 bits per heavy atom. The molecule has 0 radical (unpaired) electrons. The Morgan fingerprint density at radius 2 is 1.93 bits per heavy atom. The number of methoxy groups -OCH3 is 1. The quantitative estimate of drug-likeness (QED) is 0.678. The first-order chi connectivity index (χ1) is 12.9. The molecule has 0 aliphatic carbocycles. The number of nitrogens with zero attached hydrogens (tertiary/aromatic N) is 1. The van der Waals surface area contributed by atoms with Gasteiger partial charge in [0.05, 0.1) is 29.8 Å². The predicted octanol–water partition coefficient (Wildman–Crippen LogP) is 3.82. The molecule has 0 saturated carbocycles. The summed E-state index contributed by atoms with van der Waals surface area (Å²) >= 11 is 1.38. The molecule has 0 spiro atoms. The summed E-state index contributed by atoms with van der Waals surface area (Å²) in [6.07, 6.45) is 0.127. The van der Waals surface area contributed by atoms with E-state index in [0.717, 1.165) is 27.1 Å². The third-order valence-electron chi connectivity index (χ3n) is 4.09. The van der Waals surface area contributed by atoms with E-state index in [9.17, 15) is 9.59 Å². The molecule has 7 heteroatoms. The molecule has 0 fully saturated rings. The number of thiazole rings is 1. The zero-order chi connectivity index (χ0) is 19.4. The van der Waals surface area contributed by atoms with E-state index in [0.29, 0.717) is 5.13 Å². The van der Waals surface area contributed by atoms with Crippen LogP contribution in [0.15, 0.2) is 42.5 Å². The first kappa shape index (κ1) is 18.8. The number of rotatable bonds is 6. The molecule has 3 rings (SSSR count). The van der Waals surface area contributed by atoms with Crippen molar-refractivity contribution in [3.8, 4) is 5.75 Å². The third kappa shape index (κ3) is 4.83. The van der Waals surface area contributed by atoms with Crippen LogP contribution in [0.4, 0.5) is 5.13 Å². The minimum absolute atomic E-state index is 0.127. The second-order valence-corrected chi connectivity index (χ2v) is 7.30. The Kier molecular flexibility index (Phi) is 5.71. The number of nitrogens with one attached hydrogen (secondary N) is 2. The molecule has 0 bridgehead atoms. The zero-order valence-corrected chi connectivity index (χ0v) is 16.2. The number of hydrogen-bond acceptors (Lipinski definition) is 5. The van der Waals surface area contributed by atoms with Crippen molar-refractivity contribution in [2.24, 2.45) is 0 Å². The Hall–Kier alpha value is -2.93. The van der Waals surface area contributed by atoms with Gasteiger partial charge in [-0.25, -0.2) is 4.98 Å². The van der Waals surface area contributed by atoms with Crippen molar-refractivity contribution >= 4 is 38.5 Å². The van der Waals surface area contributed by atoms with Gasteiger partial charge in [-0.15, -0.1) is 0 Å². The summed E-state index contributed by atoms with van der Waals surface area (Å²) < 4.78 is 6.14. The Balaban J connectivity index is 1.73. The van der Waals surface area contributed by atoms with Crippen molar-refractivity contribution < 1.29 is 14.3 Å². The van der Waals surface area contributed by atoms with Gasteiger partial charge >= 0.3 is 0 Å². The Morgan fingerprint density at radius 3 is 2.59 bits per heavy atom. The van der Waals surface area contributed by atoms with Gasteiger partial charge in [-0.1, -0.05) is 41.2 Å². The fourth-order valence-corrected chi connectivity index (χ4v) is 3.65. The molecule has 2 aromatic carbocycles. The minimum atomic E-state index is -0.391. The summed E-state index contributed by atoms with van der Waals surface area (Å²) in [5.74, 6) is 0.356. The number of hydrogen-bond donors (Lipinski definition) is 2. The highest BCUT2D eigenvalue weighted by Gasteiger charge is 2.18. The lowest BCUT2D eigenvalue weighted by Gasteiger charge is -2.18. The van der Waals surface area contributed by atoms with Crippen LogP contribution in [0, 0.1) is 6.92 Å². The summed E-state index contributed by atoms with van der Waals surface area (Å²) in [4.78, 5) is 28.5. The standard InChI is InChI=1S/C20H21N3O3S/c1-12-4-6-14(7-5-12)17(21-13(2)24)11-19(25)23-20-22-16-9-8-15(26-3)10-18(16)27-20/h4-10,17H,11H2,1-3H3,(H,21,24)(H,22,23,25)/t17-/m1/s1. The van der Waals surface area contributed by atoms with E-state index in [4.69, 9.17) is 4.74 Å². The first-order valence-electron chi connectivity index (χ1n) is 8.52. The molecule has 0 aliphatic heterocycles. The minimum Gasteiger partial charge on any atom is -0.497 e. The lowest BCUT2D eigenvalue weighted by molar-refractivity contribution is -0.120. The lowest BCUT2D eigenvalue weighted by Crippen LogP contribution is -2.29. The molecule has 0 unspecified atom stereocenters. The van der Waals surface area contributed by atoms with E-state index in [1.165, 1.54) is 18.3 Å². The van der Waals surface area contributed by atoms with Crippen molar-refractivity contribution in [1.29, 1.82) is 0 Å². The molecule has 0 saturated heterocycles. The number of carbonyl (C=O) groups is 2. The summed E-state index contributed by atoms with van der Waals surface area (Å²) in [6, 6.07) is 12.9. The van der Waals surface area contributed by atoms with Crippen LogP contribution >= 0.6 is 11.3 Å². The maximum atomic E-state index is 12.5. The van der Waals surface area contributed by atoms with Crippen molar-refractivity contribution in [2.75, 3.05) is 12.4 Å². The van der Waals surface area contributed by atoms with E-state index < -0.39 is 6.04 Å². The number of carbonyl (C=O) groups excluding carboxylic acids is 2. The maximum absolute atomic E-state index is 12.5. The number of benzene rings is 2. The highest BCUT2D eigenvalue weighted by atomic mass is 32.1. The predicted molar refractivity (Wildman–Crippen MR) is 107 cm³/mol. The molecule has 0 aliphatic rings. The van der Waals surface area contributed by atoms with Crippen LogP contribution in [-0.4, -0.2) is 23.9 Å². The molecule has 2 amide bonds. The highest BCUT2D eigenvalue weighted by Crippen LogP contribution is 2.29. The normalized spacial score (nSPS) is 11.8. The number of aryl methyl sites for hydroxylation is 1. The van der Waals surface area contributed by atoms with Gasteiger partial charge in [-0.2, -0.15) is 0 Å². The number of fused-ring (bicyclic) bond motifs is 1. The summed E-state index contributed by atoms with van der Waals surface area (Å²) in [5.41, 5.74) is 2.81. The van der Waals surface area contributed by atoms with Gasteiger partial charge in [0.15, 0.2) is 5.13 Å². The topological polar surface area (TPSA) is 80.3 Å². The van der Waals surface area contributed by atoms with Crippen molar-refractivity contribution in [2.45, 2.75) is 26.3 Å². The monoisotopic (exact) mass is 383 g/mol. The fraction of sp³-hybridized carbons (Fsp3) is 0.250. The number of ether oxygens (including phenoxy) is 1. The SMILES string of the molecule is COc1ccc2nc(NC(=O)C[C@@H](NC(C)=O)c3ccc(C)cc3)sc2c1. The smallest absolute Gasteiger partial charge is 0.228 e. The molecule has 2 N–H and O–H groups in total. The molecule has 1 atom stereocenters. The van der Waals surface area contributed by atoms with Crippen LogP contribution in [0.3, 0.4) is 0 Å². The summed E-state index contributed by atoms with van der Waals surface area (Å²) in [7, 11) is 1.61. The van der Waals surface area contributed by atoms with Gasteiger partial charge in [-0.3, -0.25) is 9.59 Å². The second-order valence-electron chi connectivity index (χ2n) is 6.27. The molecule has 27 heavy (non-hydrogen) atoms. The highest BCUT2D eigenvalue weighted by molar-refractivity contribution is 7.22. The number of anilines is 1. The average Bonchev–Trinajstić information content (AvgIpc) is 3.02. The lowest BCUT2D eigenvalue weighted by atomic mass is 10.0. The Bertz CT molecular complexity index is 966. The van der Waals surface area contributed by atoms with Gasteiger partial charge in [0.2, 0.25) is 11.8 Å². The van der Waals surface area contributed by atoms with Gasteiger partial charge in [-0.05, 0) is 30.7 Å². The van der Waals surface area contributed by atoms with Gasteiger partial charge in [0.1, 0.15) is 5.75 Å². The van der Waals surface area contributed by atoms with Gasteiger partial charge in [0, 0.05) is 6.92 Å². The van der Waals surface area contributed by atoms with Crippen molar-refractivity contribution in [3.05, 3.63) is 53.6 Å². The second kappa shape index (κ2) is 8.18. The van der Waals surface area contributed by atoms with Crippen LogP contribution < -0.4 is 15.4 Å². The summed E-state index contributed by atoms with van der Waals surface area (Å²) in [5, 5.41) is 6.19. The van der Waals surface area contributed by atoms with Gasteiger partial charge in [0.25, 0.3) is 0 Å². The van der Waals surface area contributed by atoms with Crippen LogP contribution in [0.2, 0.25) is 0 Å². The van der Waals surface area contributed by atoms with Crippen molar-refractivity contribution in [3.63, 3.8) is 0 Å². The summed E-state index contributed by atoms with van der Waals surface area (Å²) in [6.45, 7) is 3.44. The molecular weight excluding hydrogens is 362 g/mol. The zero-order valence-electron chi connectivity index (χ0n) is 15.4. The fourth-order valence-electron chi connectivity index (χ4n) is 2.74. The molecule has 3 aromatic rings. The molecule has 140 valence electrons. The van der Waals surface area contributed by atoms with E-state index in [1.807, 2.05) is 49.4 Å². The molecule has 1 heterocycles. The van der Waals surface area contributed by atoms with Crippen LogP contribution in [-0.2, 0) is 9.59 Å². The molecule has 1 aromatic heterocycles. The van der Waals surface area contributed by atoms with Crippen molar-refractivity contribution in [1.82, 2.24) is 10.3 Å². The van der Waals surface area contributed by atoms with E-state index in [-0.39, 0.29) is 18.2 Å². The first-order valence-corrected chi connectivity index (χ1v) is 9.34. The van der Waals surface area contributed by atoms with Crippen LogP contribution in [0.5, 0.6) is 5.75 Å². The molecular formula is C20H21N3O3S. The third-order valence-corrected chi connectivity index (χ3v) is 5.02. The van der Waals surface area contributed by atoms with Crippen LogP contribution in [0.1, 0.15) is 30.5 Å². The molecule has 6 nitrogen and oxygen atoms in total. The van der Waals surface area contributed by atoms with E-state index in [1.54, 1.807) is 7.11 Å². The van der Waals surface area contributed by atoms with Crippen LogP contribution in [0.25, 0.3) is 10.2 Å². The van der Waals surface area contributed by atoms with Gasteiger partial charge < -0.3 is 15.4 Å². The largest absolute Gasteiger partial charge is 0.497 e. The number of amides is 2. The number of aromatic nitrogens is 1. The van der Waals surface area contributed by atoms with E-state index in [2.05, 4.69) is 15.6 Å². The maximum Gasteiger partial charge on any atom is 0.228 e. The van der Waals surface area contributed by atoms with E-state index >= 15 is 0 Å².